The lowest BCUT2D eigenvalue weighted by Gasteiger charge is -2.13. The standard InChI is InChI=1S/C15H22O2/c1-2-11-17-15-6-4-3-5-13(15)9-10-14(16)12-7-8-12/h3-6,12,14,16H,2,7-11H2,1H3. The first-order valence-electron chi connectivity index (χ1n) is 6.70. The molecule has 0 spiro atoms. The molecule has 1 fully saturated rings. The Hall–Kier alpha value is -1.02. The number of para-hydroxylation sites is 1. The minimum absolute atomic E-state index is 0.116. The maximum Gasteiger partial charge on any atom is 0.122 e. The Balaban J connectivity index is 1.89. The van der Waals surface area contributed by atoms with Gasteiger partial charge in [0.05, 0.1) is 12.7 Å². The number of hydrogen-bond donors (Lipinski definition) is 1. The lowest BCUT2D eigenvalue weighted by Crippen LogP contribution is -2.10. The van der Waals surface area contributed by atoms with E-state index < -0.39 is 0 Å². The largest absolute Gasteiger partial charge is 0.493 e. The molecule has 0 heterocycles. The van der Waals surface area contributed by atoms with Gasteiger partial charge < -0.3 is 9.84 Å². The van der Waals surface area contributed by atoms with Crippen LogP contribution in [0.2, 0.25) is 0 Å². The molecular formula is C15H22O2. The highest BCUT2D eigenvalue weighted by atomic mass is 16.5. The van der Waals surface area contributed by atoms with Crippen LogP contribution in [0.15, 0.2) is 24.3 Å². The highest BCUT2D eigenvalue weighted by Gasteiger charge is 2.29. The molecule has 17 heavy (non-hydrogen) atoms. The van der Waals surface area contributed by atoms with Gasteiger partial charge in [-0.1, -0.05) is 25.1 Å². The molecule has 1 aromatic rings. The molecule has 0 amide bonds. The molecule has 94 valence electrons. The second-order valence-corrected chi connectivity index (χ2v) is 4.90. The van der Waals surface area contributed by atoms with Gasteiger partial charge in [0.25, 0.3) is 0 Å². The summed E-state index contributed by atoms with van der Waals surface area (Å²) in [6.07, 6.45) is 5.09. The van der Waals surface area contributed by atoms with Crippen molar-refractivity contribution in [2.45, 2.75) is 45.1 Å². The van der Waals surface area contributed by atoms with Gasteiger partial charge in [-0.05, 0) is 49.7 Å². The third-order valence-electron chi connectivity index (χ3n) is 3.31. The molecule has 0 saturated heterocycles. The van der Waals surface area contributed by atoms with Gasteiger partial charge in [0, 0.05) is 0 Å². The molecule has 1 aliphatic carbocycles. The van der Waals surface area contributed by atoms with Crippen molar-refractivity contribution in [1.29, 1.82) is 0 Å². The SMILES string of the molecule is CCCOc1ccccc1CCC(O)C1CC1. The molecule has 2 heteroatoms. The average molecular weight is 234 g/mol. The van der Waals surface area contributed by atoms with E-state index in [4.69, 9.17) is 4.74 Å². The normalized spacial score (nSPS) is 16.8. The van der Waals surface area contributed by atoms with Gasteiger partial charge in [-0.3, -0.25) is 0 Å². The van der Waals surface area contributed by atoms with Crippen molar-refractivity contribution in [2.75, 3.05) is 6.61 Å². The molecule has 1 N–H and O–H groups in total. The van der Waals surface area contributed by atoms with Crippen molar-refractivity contribution in [3.63, 3.8) is 0 Å². The zero-order valence-corrected chi connectivity index (χ0v) is 10.6. The van der Waals surface area contributed by atoms with E-state index >= 15 is 0 Å². The molecule has 0 aromatic heterocycles. The second kappa shape index (κ2) is 6.06. The van der Waals surface area contributed by atoms with Gasteiger partial charge in [-0.25, -0.2) is 0 Å². The van der Waals surface area contributed by atoms with Crippen LogP contribution >= 0.6 is 0 Å². The third kappa shape index (κ3) is 3.74. The maximum atomic E-state index is 9.88. The molecule has 2 rings (SSSR count). The van der Waals surface area contributed by atoms with Gasteiger partial charge in [-0.2, -0.15) is 0 Å². The first-order chi connectivity index (χ1) is 8.31. The fraction of sp³-hybridized carbons (Fsp3) is 0.600. The van der Waals surface area contributed by atoms with E-state index in [9.17, 15) is 5.11 Å². The van der Waals surface area contributed by atoms with Crippen LogP contribution in [0, 0.1) is 5.92 Å². The van der Waals surface area contributed by atoms with Gasteiger partial charge in [-0.15, -0.1) is 0 Å². The molecule has 0 bridgehead atoms. The molecule has 0 aliphatic heterocycles. The number of rotatable bonds is 7. The van der Waals surface area contributed by atoms with Crippen molar-refractivity contribution in [2.24, 2.45) is 5.92 Å². The summed E-state index contributed by atoms with van der Waals surface area (Å²) in [5.74, 6) is 1.55. The number of hydrogen-bond acceptors (Lipinski definition) is 2. The first-order valence-corrected chi connectivity index (χ1v) is 6.70. The van der Waals surface area contributed by atoms with E-state index in [1.54, 1.807) is 0 Å². The van der Waals surface area contributed by atoms with E-state index in [0.717, 1.165) is 31.6 Å². The molecule has 1 unspecified atom stereocenters. The molecule has 2 nitrogen and oxygen atoms in total. The Kier molecular flexibility index (Phi) is 4.43. The lowest BCUT2D eigenvalue weighted by atomic mass is 10.0. The molecular weight excluding hydrogens is 212 g/mol. The number of ether oxygens (including phenoxy) is 1. The van der Waals surface area contributed by atoms with Crippen LogP contribution in [0.4, 0.5) is 0 Å². The summed E-state index contributed by atoms with van der Waals surface area (Å²) in [6, 6.07) is 8.17. The van der Waals surface area contributed by atoms with E-state index in [0.29, 0.717) is 5.92 Å². The molecule has 1 saturated carbocycles. The van der Waals surface area contributed by atoms with Crippen molar-refractivity contribution in [3.8, 4) is 5.75 Å². The van der Waals surface area contributed by atoms with Crippen LogP contribution in [0.25, 0.3) is 0 Å². The van der Waals surface area contributed by atoms with Crippen molar-refractivity contribution >= 4 is 0 Å². The topological polar surface area (TPSA) is 29.5 Å². The third-order valence-corrected chi connectivity index (χ3v) is 3.31. The summed E-state index contributed by atoms with van der Waals surface area (Å²) in [7, 11) is 0. The van der Waals surface area contributed by atoms with Crippen molar-refractivity contribution in [1.82, 2.24) is 0 Å². The monoisotopic (exact) mass is 234 g/mol. The van der Waals surface area contributed by atoms with Crippen LogP contribution in [0.1, 0.15) is 38.2 Å². The molecule has 1 aliphatic rings. The maximum absolute atomic E-state index is 9.88. The number of aliphatic hydroxyl groups excluding tert-OH is 1. The highest BCUT2D eigenvalue weighted by molar-refractivity contribution is 5.33. The average Bonchev–Trinajstić information content (AvgIpc) is 3.18. The minimum atomic E-state index is -0.116. The number of benzene rings is 1. The lowest BCUT2D eigenvalue weighted by molar-refractivity contribution is 0.141. The second-order valence-electron chi connectivity index (χ2n) is 4.90. The number of aryl methyl sites for hydroxylation is 1. The molecule has 1 atom stereocenters. The van der Waals surface area contributed by atoms with Gasteiger partial charge in [0.1, 0.15) is 5.75 Å². The Morgan fingerprint density at radius 3 is 2.82 bits per heavy atom. The molecule has 1 aromatic carbocycles. The summed E-state index contributed by atoms with van der Waals surface area (Å²) >= 11 is 0. The van der Waals surface area contributed by atoms with Crippen LogP contribution in [0.3, 0.4) is 0 Å². The number of aliphatic hydroxyl groups is 1. The first kappa shape index (κ1) is 12.4. The van der Waals surface area contributed by atoms with E-state index in [1.165, 1.54) is 18.4 Å². The van der Waals surface area contributed by atoms with E-state index in [-0.39, 0.29) is 6.10 Å². The minimum Gasteiger partial charge on any atom is -0.493 e. The predicted octanol–water partition coefficient (Wildman–Crippen LogP) is 3.18. The zero-order chi connectivity index (χ0) is 12.1. The molecule has 0 radical (unpaired) electrons. The van der Waals surface area contributed by atoms with Gasteiger partial charge in [0.15, 0.2) is 0 Å². The summed E-state index contributed by atoms with van der Waals surface area (Å²) in [6.45, 7) is 2.88. The van der Waals surface area contributed by atoms with Crippen molar-refractivity contribution < 1.29 is 9.84 Å². The Morgan fingerprint density at radius 2 is 2.12 bits per heavy atom. The summed E-state index contributed by atoms with van der Waals surface area (Å²) < 4.78 is 5.71. The Morgan fingerprint density at radius 1 is 1.35 bits per heavy atom. The Bertz CT molecular complexity index is 345. The fourth-order valence-electron chi connectivity index (χ4n) is 2.08. The van der Waals surface area contributed by atoms with Crippen LogP contribution in [-0.2, 0) is 6.42 Å². The van der Waals surface area contributed by atoms with Crippen LogP contribution < -0.4 is 4.74 Å². The summed E-state index contributed by atoms with van der Waals surface area (Å²) in [5.41, 5.74) is 1.22. The van der Waals surface area contributed by atoms with Gasteiger partial charge >= 0.3 is 0 Å². The van der Waals surface area contributed by atoms with E-state index in [1.807, 2.05) is 18.2 Å². The zero-order valence-electron chi connectivity index (χ0n) is 10.6. The van der Waals surface area contributed by atoms with Gasteiger partial charge in [0.2, 0.25) is 0 Å². The van der Waals surface area contributed by atoms with E-state index in [2.05, 4.69) is 13.0 Å². The fourth-order valence-corrected chi connectivity index (χ4v) is 2.08. The van der Waals surface area contributed by atoms with Crippen LogP contribution in [0.5, 0.6) is 5.75 Å². The van der Waals surface area contributed by atoms with Crippen LogP contribution in [-0.4, -0.2) is 17.8 Å². The quantitative estimate of drug-likeness (QED) is 0.785. The highest BCUT2D eigenvalue weighted by Crippen LogP contribution is 2.34. The smallest absolute Gasteiger partial charge is 0.122 e. The predicted molar refractivity (Wildman–Crippen MR) is 69.3 cm³/mol. The van der Waals surface area contributed by atoms with Crippen molar-refractivity contribution in [3.05, 3.63) is 29.8 Å². The summed E-state index contributed by atoms with van der Waals surface area (Å²) in [5, 5.41) is 9.88. The summed E-state index contributed by atoms with van der Waals surface area (Å²) in [4.78, 5) is 0. The Labute approximate surface area is 104 Å².